The van der Waals surface area contributed by atoms with Gasteiger partial charge in [0.2, 0.25) is 11.3 Å². The van der Waals surface area contributed by atoms with Crippen LogP contribution in [0.15, 0.2) is 77.7 Å². The fraction of sp³-hybridized carbons (Fsp3) is 0.0455. The highest BCUT2D eigenvalue weighted by atomic mass is 35.5. The average Bonchev–Trinajstić information content (AvgIpc) is 2.74. The Morgan fingerprint density at radius 2 is 1.73 bits per heavy atom. The topological polar surface area (TPSA) is 73.2 Å². The first-order valence-corrected chi connectivity index (χ1v) is 9.73. The first kappa shape index (κ1) is 19.9. The molecule has 0 aliphatic rings. The second kappa shape index (κ2) is 8.57. The van der Waals surface area contributed by atoms with E-state index in [-0.39, 0.29) is 17.9 Å². The van der Waals surface area contributed by atoms with E-state index < -0.39 is 0 Å². The first-order chi connectivity index (χ1) is 14.5. The lowest BCUT2D eigenvalue weighted by Gasteiger charge is -2.14. The van der Waals surface area contributed by atoms with Gasteiger partial charge < -0.3 is 10.1 Å². The van der Waals surface area contributed by atoms with Crippen molar-refractivity contribution in [3.05, 3.63) is 93.2 Å². The Balaban J connectivity index is 1.58. The fourth-order valence-electron chi connectivity index (χ4n) is 2.93. The van der Waals surface area contributed by atoms with E-state index in [1.165, 1.54) is 10.9 Å². The number of hydrogen-bond donors (Lipinski definition) is 1. The number of halogens is 2. The molecule has 1 aromatic heterocycles. The Morgan fingerprint density at radius 3 is 2.53 bits per heavy atom. The van der Waals surface area contributed by atoms with E-state index in [0.717, 1.165) is 0 Å². The zero-order valence-electron chi connectivity index (χ0n) is 15.5. The second-order valence-corrected chi connectivity index (χ2v) is 7.30. The molecule has 0 bridgehead atoms. The summed E-state index contributed by atoms with van der Waals surface area (Å²) < 4.78 is 7.33. The Bertz CT molecular complexity index is 1290. The molecule has 30 heavy (non-hydrogen) atoms. The number of carbonyl (C=O) groups excluding carboxylic acids is 1. The van der Waals surface area contributed by atoms with Gasteiger partial charge in [-0.1, -0.05) is 35.3 Å². The minimum Gasteiger partial charge on any atom is -0.455 e. The van der Waals surface area contributed by atoms with Crippen molar-refractivity contribution in [2.45, 2.75) is 6.54 Å². The van der Waals surface area contributed by atoms with Gasteiger partial charge in [0.25, 0.3) is 0 Å². The summed E-state index contributed by atoms with van der Waals surface area (Å²) in [5.41, 5.74) is 0.785. The van der Waals surface area contributed by atoms with E-state index in [2.05, 4.69) is 10.4 Å². The van der Waals surface area contributed by atoms with Crippen molar-refractivity contribution in [2.75, 3.05) is 5.32 Å². The molecule has 6 nitrogen and oxygen atoms in total. The summed E-state index contributed by atoms with van der Waals surface area (Å²) in [6.07, 6.45) is 1.20. The van der Waals surface area contributed by atoms with Gasteiger partial charge in [0.1, 0.15) is 12.3 Å². The number of hydrogen-bond acceptors (Lipinski definition) is 4. The number of anilines is 1. The van der Waals surface area contributed by atoms with Crippen LogP contribution in [0.2, 0.25) is 10.0 Å². The molecule has 4 aromatic rings. The number of amides is 1. The number of nitrogens with one attached hydrogen (secondary N) is 1. The number of benzene rings is 3. The number of para-hydroxylation sites is 1. The van der Waals surface area contributed by atoms with Gasteiger partial charge in [-0.05, 0) is 54.6 Å². The van der Waals surface area contributed by atoms with E-state index in [9.17, 15) is 9.59 Å². The van der Waals surface area contributed by atoms with Gasteiger partial charge in [0.15, 0.2) is 5.75 Å². The van der Waals surface area contributed by atoms with Gasteiger partial charge in [-0.2, -0.15) is 5.10 Å². The molecule has 1 heterocycles. The molecular formula is C22H15Cl2N3O3. The molecular weight excluding hydrogens is 425 g/mol. The predicted octanol–water partition coefficient (Wildman–Crippen LogP) is 5.13. The smallest absolute Gasteiger partial charge is 0.246 e. The largest absolute Gasteiger partial charge is 0.455 e. The lowest BCUT2D eigenvalue weighted by molar-refractivity contribution is -0.116. The van der Waals surface area contributed by atoms with Crippen LogP contribution in [0, 0.1) is 0 Å². The van der Waals surface area contributed by atoms with E-state index in [0.29, 0.717) is 38.1 Å². The molecule has 0 aliphatic heterocycles. The van der Waals surface area contributed by atoms with Crippen LogP contribution in [0.1, 0.15) is 0 Å². The van der Waals surface area contributed by atoms with Crippen molar-refractivity contribution in [2.24, 2.45) is 0 Å². The Morgan fingerprint density at radius 1 is 1.00 bits per heavy atom. The molecule has 0 saturated heterocycles. The van der Waals surface area contributed by atoms with Crippen molar-refractivity contribution in [1.29, 1.82) is 0 Å². The molecule has 0 atom stereocenters. The number of rotatable bonds is 5. The minimum absolute atomic E-state index is 0.0896. The summed E-state index contributed by atoms with van der Waals surface area (Å²) >= 11 is 12.0. The molecule has 8 heteroatoms. The number of aromatic nitrogens is 2. The molecule has 0 radical (unpaired) electrons. The van der Waals surface area contributed by atoms with Crippen LogP contribution >= 0.6 is 23.2 Å². The van der Waals surface area contributed by atoms with Gasteiger partial charge >= 0.3 is 0 Å². The molecule has 0 fully saturated rings. The van der Waals surface area contributed by atoms with Crippen LogP contribution < -0.4 is 15.5 Å². The predicted molar refractivity (Wildman–Crippen MR) is 118 cm³/mol. The molecule has 0 unspecified atom stereocenters. The Labute approximate surface area is 181 Å². The minimum atomic E-state index is -0.348. The quantitative estimate of drug-likeness (QED) is 0.467. The van der Waals surface area contributed by atoms with Crippen LogP contribution in [-0.2, 0) is 11.3 Å². The third-order valence-electron chi connectivity index (χ3n) is 4.31. The number of carbonyl (C=O) groups is 1. The SMILES string of the molecule is O=C(Cn1ncc(=O)c2ccccc21)Nc1cc(Cl)ccc1Oc1ccc(Cl)cc1. The molecule has 0 aliphatic carbocycles. The summed E-state index contributed by atoms with van der Waals surface area (Å²) in [5, 5.41) is 8.41. The molecule has 4 rings (SSSR count). The first-order valence-electron chi connectivity index (χ1n) is 8.97. The molecule has 0 spiro atoms. The van der Waals surface area contributed by atoms with Crippen LogP contribution in [0.3, 0.4) is 0 Å². The summed E-state index contributed by atoms with van der Waals surface area (Å²) in [5.74, 6) is 0.637. The zero-order chi connectivity index (χ0) is 21.1. The summed E-state index contributed by atoms with van der Waals surface area (Å²) in [4.78, 5) is 24.7. The van der Waals surface area contributed by atoms with E-state index in [4.69, 9.17) is 27.9 Å². The van der Waals surface area contributed by atoms with Crippen molar-refractivity contribution in [1.82, 2.24) is 9.78 Å². The van der Waals surface area contributed by atoms with Crippen molar-refractivity contribution >= 4 is 45.7 Å². The zero-order valence-corrected chi connectivity index (χ0v) is 17.0. The van der Waals surface area contributed by atoms with Crippen LogP contribution in [0.5, 0.6) is 11.5 Å². The van der Waals surface area contributed by atoms with Crippen molar-refractivity contribution in [3.63, 3.8) is 0 Å². The average molecular weight is 440 g/mol. The number of ether oxygens (including phenoxy) is 1. The summed E-state index contributed by atoms with van der Waals surface area (Å²) in [6.45, 7) is -0.0896. The molecule has 150 valence electrons. The lowest BCUT2D eigenvalue weighted by Crippen LogP contribution is -2.22. The fourth-order valence-corrected chi connectivity index (χ4v) is 3.23. The highest BCUT2D eigenvalue weighted by Gasteiger charge is 2.12. The lowest BCUT2D eigenvalue weighted by atomic mass is 10.2. The highest BCUT2D eigenvalue weighted by Crippen LogP contribution is 2.32. The van der Waals surface area contributed by atoms with Crippen LogP contribution in [0.4, 0.5) is 5.69 Å². The maximum Gasteiger partial charge on any atom is 0.246 e. The van der Waals surface area contributed by atoms with Crippen molar-refractivity contribution in [3.8, 4) is 11.5 Å². The van der Waals surface area contributed by atoms with Crippen molar-refractivity contribution < 1.29 is 9.53 Å². The van der Waals surface area contributed by atoms with E-state index in [1.807, 2.05) is 0 Å². The third kappa shape index (κ3) is 4.45. The molecule has 1 N–H and O–H groups in total. The van der Waals surface area contributed by atoms with Gasteiger partial charge in [-0.15, -0.1) is 0 Å². The molecule has 3 aromatic carbocycles. The van der Waals surface area contributed by atoms with Gasteiger partial charge in [-0.25, -0.2) is 0 Å². The van der Waals surface area contributed by atoms with Gasteiger partial charge in [-0.3, -0.25) is 14.3 Å². The standard InChI is InChI=1S/C22H15Cl2N3O3/c23-14-5-8-16(9-6-14)30-21-10-7-15(24)11-18(21)26-22(29)13-27-19-4-2-1-3-17(19)20(28)12-25-27/h1-12H,13H2,(H,26,29). The van der Waals surface area contributed by atoms with Gasteiger partial charge in [0.05, 0.1) is 17.4 Å². The summed E-state index contributed by atoms with van der Waals surface area (Å²) in [7, 11) is 0. The number of fused-ring (bicyclic) bond motifs is 1. The normalized spacial score (nSPS) is 10.7. The molecule has 0 saturated carbocycles. The van der Waals surface area contributed by atoms with Crippen LogP contribution in [0.25, 0.3) is 10.9 Å². The third-order valence-corrected chi connectivity index (χ3v) is 4.80. The van der Waals surface area contributed by atoms with E-state index >= 15 is 0 Å². The second-order valence-electron chi connectivity index (χ2n) is 6.43. The Hall–Kier alpha value is -3.35. The Kier molecular flexibility index (Phi) is 5.70. The maximum atomic E-state index is 12.7. The number of nitrogens with zero attached hydrogens (tertiary/aromatic N) is 2. The molecule has 1 amide bonds. The van der Waals surface area contributed by atoms with Crippen LogP contribution in [-0.4, -0.2) is 15.7 Å². The van der Waals surface area contributed by atoms with Gasteiger partial charge in [0, 0.05) is 15.4 Å². The summed E-state index contributed by atoms with van der Waals surface area (Å²) in [6, 6.07) is 18.8. The van der Waals surface area contributed by atoms with E-state index in [1.54, 1.807) is 66.7 Å². The monoisotopic (exact) mass is 439 g/mol. The highest BCUT2D eigenvalue weighted by molar-refractivity contribution is 6.31. The maximum absolute atomic E-state index is 12.7.